The number of ether oxygens (including phenoxy) is 1. The van der Waals surface area contributed by atoms with Crippen molar-refractivity contribution < 1.29 is 28.6 Å². The van der Waals surface area contributed by atoms with E-state index in [2.05, 4.69) is 22.8 Å². The number of aromatic carboxylic acids is 1. The molecule has 5 rings (SSSR count). The fourth-order valence-electron chi connectivity index (χ4n) is 4.73. The Morgan fingerprint density at radius 2 is 1.60 bits per heavy atom. The van der Waals surface area contributed by atoms with E-state index in [0.717, 1.165) is 28.3 Å². The average molecular weight is 474 g/mol. The Balaban J connectivity index is 1.12. The largest absolute Gasteiger partial charge is 0.478 e. The van der Waals surface area contributed by atoms with Gasteiger partial charge in [-0.3, -0.25) is 4.79 Å². The van der Waals surface area contributed by atoms with Gasteiger partial charge in [-0.25, -0.2) is 14.0 Å². The van der Waals surface area contributed by atoms with Gasteiger partial charge >= 0.3 is 12.1 Å². The number of hydrogen-bond acceptors (Lipinski definition) is 4. The maximum atomic E-state index is 13.8. The van der Waals surface area contributed by atoms with Crippen LogP contribution < -0.4 is 10.6 Å². The van der Waals surface area contributed by atoms with Crippen LogP contribution in [0.25, 0.3) is 11.1 Å². The molecule has 3 aromatic carbocycles. The van der Waals surface area contributed by atoms with Crippen molar-refractivity contribution in [3.63, 3.8) is 0 Å². The van der Waals surface area contributed by atoms with Crippen LogP contribution in [-0.2, 0) is 9.53 Å². The number of carboxylic acids is 1. The Morgan fingerprint density at radius 1 is 0.943 bits per heavy atom. The summed E-state index contributed by atoms with van der Waals surface area (Å²) < 4.78 is 19.3. The zero-order valence-electron chi connectivity index (χ0n) is 18.7. The fraction of sp³-hybridized carbons (Fsp3) is 0.222. The van der Waals surface area contributed by atoms with Crippen molar-refractivity contribution in [2.24, 2.45) is 11.8 Å². The zero-order valence-corrected chi connectivity index (χ0v) is 18.7. The minimum atomic E-state index is -1.46. The first-order chi connectivity index (χ1) is 16.9. The van der Waals surface area contributed by atoms with Gasteiger partial charge in [0.1, 0.15) is 18.0 Å². The smallest absolute Gasteiger partial charge is 0.407 e. The van der Waals surface area contributed by atoms with Crippen LogP contribution in [0.1, 0.15) is 33.8 Å². The highest BCUT2D eigenvalue weighted by Crippen LogP contribution is 2.44. The van der Waals surface area contributed by atoms with E-state index in [0.29, 0.717) is 6.42 Å². The third-order valence-electron chi connectivity index (χ3n) is 6.60. The number of benzene rings is 3. The molecule has 0 unspecified atom stereocenters. The number of carboxylic acid groups (broad SMARTS) is 1. The van der Waals surface area contributed by atoms with Crippen LogP contribution in [0, 0.1) is 17.7 Å². The summed E-state index contributed by atoms with van der Waals surface area (Å²) in [6.45, 7) is 0.454. The third-order valence-corrected chi connectivity index (χ3v) is 6.60. The molecule has 2 atom stereocenters. The fourth-order valence-corrected chi connectivity index (χ4v) is 4.73. The molecule has 3 N–H and O–H groups in total. The molecule has 3 aromatic rings. The molecule has 1 fully saturated rings. The first-order valence-electron chi connectivity index (χ1n) is 11.4. The summed E-state index contributed by atoms with van der Waals surface area (Å²) in [4.78, 5) is 36.1. The van der Waals surface area contributed by atoms with Crippen molar-refractivity contribution in [1.29, 1.82) is 0 Å². The SMILES string of the molecule is O=C(NC[C@H]1C[C@H]1C(=O)Nc1cccc(F)c1C(=O)O)OCC1c2ccccc2-c2ccccc21. The molecule has 0 radical (unpaired) electrons. The maximum Gasteiger partial charge on any atom is 0.407 e. The highest BCUT2D eigenvalue weighted by Gasteiger charge is 2.43. The van der Waals surface area contributed by atoms with E-state index in [-0.39, 0.29) is 30.7 Å². The Bertz CT molecular complexity index is 1280. The van der Waals surface area contributed by atoms with Gasteiger partial charge in [0.05, 0.1) is 5.69 Å². The predicted octanol–water partition coefficient (Wildman–Crippen LogP) is 4.64. The Morgan fingerprint density at radius 3 is 2.26 bits per heavy atom. The second-order valence-electron chi connectivity index (χ2n) is 8.77. The number of alkyl carbamates (subject to hydrolysis) is 1. The molecule has 7 nitrogen and oxygen atoms in total. The Hall–Kier alpha value is -4.20. The van der Waals surface area contributed by atoms with Gasteiger partial charge in [0.2, 0.25) is 5.91 Å². The van der Waals surface area contributed by atoms with Crippen LogP contribution in [0.2, 0.25) is 0 Å². The second-order valence-corrected chi connectivity index (χ2v) is 8.77. The first kappa shape index (κ1) is 22.6. The molecule has 2 aliphatic rings. The van der Waals surface area contributed by atoms with E-state index in [4.69, 9.17) is 4.74 Å². The van der Waals surface area contributed by atoms with Crippen LogP contribution in [0.4, 0.5) is 14.9 Å². The molecular formula is C27H23FN2O5. The molecule has 0 aromatic heterocycles. The van der Waals surface area contributed by atoms with Crippen molar-refractivity contribution in [3.05, 3.63) is 89.2 Å². The quantitative estimate of drug-likeness (QED) is 0.463. The number of hydrogen-bond donors (Lipinski definition) is 3. The van der Waals surface area contributed by atoms with E-state index in [1.807, 2.05) is 36.4 Å². The number of halogens is 1. The number of fused-ring (bicyclic) bond motifs is 3. The number of carbonyl (C=O) groups excluding carboxylic acids is 2. The monoisotopic (exact) mass is 474 g/mol. The van der Waals surface area contributed by atoms with E-state index in [1.165, 1.54) is 12.1 Å². The van der Waals surface area contributed by atoms with Gasteiger partial charge in [0, 0.05) is 18.4 Å². The maximum absolute atomic E-state index is 13.8. The molecule has 35 heavy (non-hydrogen) atoms. The average Bonchev–Trinajstić information content (AvgIpc) is 3.56. The lowest BCUT2D eigenvalue weighted by atomic mass is 9.98. The normalized spacial score (nSPS) is 17.7. The van der Waals surface area contributed by atoms with Gasteiger partial charge in [-0.1, -0.05) is 54.6 Å². The minimum absolute atomic E-state index is 0.0395. The molecular weight excluding hydrogens is 451 g/mol. The number of nitrogens with one attached hydrogen (secondary N) is 2. The van der Waals surface area contributed by atoms with Crippen LogP contribution >= 0.6 is 0 Å². The molecule has 178 valence electrons. The van der Waals surface area contributed by atoms with Crippen LogP contribution in [0.15, 0.2) is 66.7 Å². The van der Waals surface area contributed by atoms with Crippen molar-refractivity contribution in [1.82, 2.24) is 5.32 Å². The summed E-state index contributed by atoms with van der Waals surface area (Å²) in [6.07, 6.45) is -0.0241. The summed E-state index contributed by atoms with van der Waals surface area (Å²) >= 11 is 0. The third kappa shape index (κ3) is 4.47. The lowest BCUT2D eigenvalue weighted by Crippen LogP contribution is -2.29. The molecule has 0 spiro atoms. The Labute approximate surface area is 200 Å². The molecule has 2 amide bonds. The molecule has 8 heteroatoms. The molecule has 0 saturated heterocycles. The van der Waals surface area contributed by atoms with Gasteiger partial charge in [-0.15, -0.1) is 0 Å². The summed E-state index contributed by atoms with van der Waals surface area (Å²) in [5.74, 6) is -3.31. The number of rotatable bonds is 7. The zero-order chi connectivity index (χ0) is 24.5. The molecule has 1 saturated carbocycles. The number of anilines is 1. The topological polar surface area (TPSA) is 105 Å². The molecule has 0 heterocycles. The summed E-state index contributed by atoms with van der Waals surface area (Å²) in [5.41, 5.74) is 3.88. The Kier molecular flexibility index (Phi) is 5.94. The van der Waals surface area contributed by atoms with Crippen molar-refractivity contribution in [2.75, 3.05) is 18.5 Å². The predicted molar refractivity (Wildman–Crippen MR) is 127 cm³/mol. The van der Waals surface area contributed by atoms with Gasteiger partial charge in [-0.2, -0.15) is 0 Å². The molecule has 0 aliphatic heterocycles. The van der Waals surface area contributed by atoms with Gasteiger partial charge in [-0.05, 0) is 46.7 Å². The van der Waals surface area contributed by atoms with Gasteiger partial charge < -0.3 is 20.5 Å². The lowest BCUT2D eigenvalue weighted by molar-refractivity contribution is -0.117. The van der Waals surface area contributed by atoms with E-state index < -0.39 is 35.3 Å². The summed E-state index contributed by atoms with van der Waals surface area (Å²) in [7, 11) is 0. The first-order valence-corrected chi connectivity index (χ1v) is 11.4. The van der Waals surface area contributed by atoms with Gasteiger partial charge in [0.25, 0.3) is 0 Å². The highest BCUT2D eigenvalue weighted by atomic mass is 19.1. The molecule has 0 bridgehead atoms. The summed E-state index contributed by atoms with van der Waals surface area (Å²) in [5, 5.41) is 14.4. The van der Waals surface area contributed by atoms with Crippen LogP contribution in [-0.4, -0.2) is 36.2 Å². The lowest BCUT2D eigenvalue weighted by Gasteiger charge is -2.14. The van der Waals surface area contributed by atoms with Crippen molar-refractivity contribution in [2.45, 2.75) is 12.3 Å². The summed E-state index contributed by atoms with van der Waals surface area (Å²) in [6, 6.07) is 19.8. The van der Waals surface area contributed by atoms with Crippen molar-refractivity contribution >= 4 is 23.7 Å². The van der Waals surface area contributed by atoms with Crippen LogP contribution in [0.5, 0.6) is 0 Å². The van der Waals surface area contributed by atoms with E-state index >= 15 is 0 Å². The highest BCUT2D eigenvalue weighted by molar-refractivity contribution is 6.02. The van der Waals surface area contributed by atoms with E-state index in [9.17, 15) is 23.9 Å². The van der Waals surface area contributed by atoms with E-state index in [1.54, 1.807) is 0 Å². The second kappa shape index (κ2) is 9.21. The molecule has 2 aliphatic carbocycles. The standard InChI is InChI=1S/C27H23FN2O5/c28-22-10-5-11-23(24(22)26(32)33)30-25(31)20-12-15(20)13-29-27(34)35-14-21-18-8-3-1-6-16(18)17-7-2-4-9-19(17)21/h1-11,15,20-21H,12-14H2,(H,29,34)(H,30,31)(H,32,33)/t15-,20-/m1/s1. The number of amides is 2. The minimum Gasteiger partial charge on any atom is -0.478 e. The van der Waals surface area contributed by atoms with Crippen molar-refractivity contribution in [3.8, 4) is 11.1 Å². The van der Waals surface area contributed by atoms with Gasteiger partial charge in [0.15, 0.2) is 0 Å². The number of carbonyl (C=O) groups is 3. The van der Waals surface area contributed by atoms with Crippen LogP contribution in [0.3, 0.4) is 0 Å².